The number of amides is 1. The summed E-state index contributed by atoms with van der Waals surface area (Å²) in [6.07, 6.45) is -13.6. The number of esters is 1. The van der Waals surface area contributed by atoms with E-state index in [9.17, 15) is 39.9 Å². The van der Waals surface area contributed by atoms with Crippen LogP contribution in [0.5, 0.6) is 0 Å². The van der Waals surface area contributed by atoms with Crippen molar-refractivity contribution in [3.63, 3.8) is 0 Å². The Kier molecular flexibility index (Phi) is 9.93. The maximum atomic E-state index is 12.3. The number of ether oxygens (including phenoxy) is 5. The standard InChI is InChI=1S/C19H31NO13/c1-7-11(20-9(22)4-5-10(23)29-2)15(12(24)8(6-21)31-7)32-19-14(26)13(25)16(30-3)17(33-19)18(27)28/h7-8,11-17,19,21,24-26H,4-6H2,1-3H3,(H,20,22)(H,27,28)/t7-,8?,11+,12+,13+,14?,15?,16-,17?,19+/m0/s1. The van der Waals surface area contributed by atoms with Crippen LogP contribution in [0.4, 0.5) is 0 Å². The molecule has 2 aliphatic rings. The number of hydrogen-bond acceptors (Lipinski definition) is 12. The van der Waals surface area contributed by atoms with Gasteiger partial charge in [0.05, 0.1) is 32.3 Å². The van der Waals surface area contributed by atoms with Crippen LogP contribution in [0.25, 0.3) is 0 Å². The van der Waals surface area contributed by atoms with Crippen LogP contribution >= 0.6 is 0 Å². The molecule has 14 heteroatoms. The van der Waals surface area contributed by atoms with E-state index in [1.165, 1.54) is 14.0 Å². The zero-order valence-corrected chi connectivity index (χ0v) is 18.4. The van der Waals surface area contributed by atoms with E-state index in [1.807, 2.05) is 0 Å². The lowest BCUT2D eigenvalue weighted by Gasteiger charge is -2.47. The molecule has 0 aliphatic carbocycles. The van der Waals surface area contributed by atoms with E-state index in [1.54, 1.807) is 0 Å². The highest BCUT2D eigenvalue weighted by Crippen LogP contribution is 2.30. The molecule has 0 aromatic rings. The van der Waals surface area contributed by atoms with Crippen LogP contribution in [0, 0.1) is 0 Å². The van der Waals surface area contributed by atoms with Gasteiger partial charge in [-0.05, 0) is 6.92 Å². The molecule has 0 spiro atoms. The van der Waals surface area contributed by atoms with Gasteiger partial charge in [0.15, 0.2) is 12.4 Å². The normalized spacial score (nSPS) is 39.0. The first-order valence-corrected chi connectivity index (χ1v) is 10.3. The quantitative estimate of drug-likeness (QED) is 0.177. The van der Waals surface area contributed by atoms with E-state index in [2.05, 4.69) is 10.1 Å². The first-order valence-electron chi connectivity index (χ1n) is 10.3. The van der Waals surface area contributed by atoms with Crippen LogP contribution < -0.4 is 5.32 Å². The van der Waals surface area contributed by atoms with Gasteiger partial charge in [-0.15, -0.1) is 0 Å². The number of rotatable bonds is 9. The number of carbonyl (C=O) groups excluding carboxylic acids is 2. The van der Waals surface area contributed by atoms with E-state index < -0.39 is 85.6 Å². The Morgan fingerprint density at radius 3 is 2.18 bits per heavy atom. The van der Waals surface area contributed by atoms with Gasteiger partial charge < -0.3 is 54.5 Å². The molecule has 190 valence electrons. The van der Waals surface area contributed by atoms with Gasteiger partial charge >= 0.3 is 11.9 Å². The fraction of sp³-hybridized carbons (Fsp3) is 0.842. The first kappa shape index (κ1) is 27.3. The van der Waals surface area contributed by atoms with Gasteiger partial charge in [-0.2, -0.15) is 0 Å². The lowest BCUT2D eigenvalue weighted by Crippen LogP contribution is -2.67. The lowest BCUT2D eigenvalue weighted by atomic mass is 9.92. The van der Waals surface area contributed by atoms with Gasteiger partial charge in [-0.1, -0.05) is 0 Å². The van der Waals surface area contributed by atoms with E-state index in [-0.39, 0.29) is 12.8 Å². The minimum atomic E-state index is -1.76. The van der Waals surface area contributed by atoms with Gasteiger partial charge in [0, 0.05) is 13.5 Å². The molecule has 6 N–H and O–H groups in total. The van der Waals surface area contributed by atoms with Crippen molar-refractivity contribution in [1.82, 2.24) is 5.32 Å². The summed E-state index contributed by atoms with van der Waals surface area (Å²) in [4.78, 5) is 35.2. The molecule has 1 amide bonds. The fourth-order valence-corrected chi connectivity index (χ4v) is 3.79. The molecule has 0 radical (unpaired) electrons. The van der Waals surface area contributed by atoms with Gasteiger partial charge in [-0.3, -0.25) is 9.59 Å². The monoisotopic (exact) mass is 481 g/mol. The fourth-order valence-electron chi connectivity index (χ4n) is 3.79. The second-order valence-corrected chi connectivity index (χ2v) is 7.77. The molecule has 0 aromatic carbocycles. The molecule has 2 heterocycles. The summed E-state index contributed by atoms with van der Waals surface area (Å²) in [5.74, 6) is -2.69. The van der Waals surface area contributed by atoms with Crippen LogP contribution in [0.15, 0.2) is 0 Å². The van der Waals surface area contributed by atoms with Crippen molar-refractivity contribution in [2.75, 3.05) is 20.8 Å². The molecule has 10 atom stereocenters. The summed E-state index contributed by atoms with van der Waals surface area (Å²) in [6, 6.07) is -1.05. The molecule has 2 fully saturated rings. The Morgan fingerprint density at radius 1 is 0.970 bits per heavy atom. The molecular formula is C19H31NO13. The molecule has 2 rings (SSSR count). The number of carbonyl (C=O) groups is 3. The second-order valence-electron chi connectivity index (χ2n) is 7.77. The van der Waals surface area contributed by atoms with E-state index in [4.69, 9.17) is 18.9 Å². The number of hydrogen-bond donors (Lipinski definition) is 6. The van der Waals surface area contributed by atoms with Gasteiger partial charge in [0.1, 0.15) is 36.6 Å². The maximum absolute atomic E-state index is 12.3. The summed E-state index contributed by atoms with van der Waals surface area (Å²) in [5.41, 5.74) is 0. The average Bonchev–Trinajstić information content (AvgIpc) is 2.78. The SMILES string of the molecule is COC(=O)CCC(=O)N[C@H]1C(O[C@@H]2OC(C(=O)O)[C@@H](OC)[C@H](O)C2O)[C@H](O)C(CO)O[C@H]1C. The predicted molar refractivity (Wildman–Crippen MR) is 105 cm³/mol. The number of aliphatic carboxylic acids is 1. The molecular weight excluding hydrogens is 450 g/mol. The number of carboxylic acid groups (broad SMARTS) is 1. The van der Waals surface area contributed by atoms with E-state index in [0.717, 1.165) is 7.11 Å². The molecule has 0 bridgehead atoms. The first-order chi connectivity index (χ1) is 15.5. The zero-order valence-electron chi connectivity index (χ0n) is 18.4. The number of carboxylic acids is 1. The molecule has 0 aromatic heterocycles. The van der Waals surface area contributed by atoms with Crippen molar-refractivity contribution in [3.8, 4) is 0 Å². The Labute approximate surface area is 189 Å². The lowest BCUT2D eigenvalue weighted by molar-refractivity contribution is -0.327. The van der Waals surface area contributed by atoms with Crippen molar-refractivity contribution in [2.45, 2.75) is 80.9 Å². The largest absolute Gasteiger partial charge is 0.479 e. The average molecular weight is 481 g/mol. The second kappa shape index (κ2) is 12.0. The highest BCUT2D eigenvalue weighted by Gasteiger charge is 2.52. The molecule has 0 saturated carbocycles. The van der Waals surface area contributed by atoms with Crippen molar-refractivity contribution in [2.24, 2.45) is 0 Å². The zero-order chi connectivity index (χ0) is 24.9. The minimum absolute atomic E-state index is 0.201. The third-order valence-corrected chi connectivity index (χ3v) is 5.61. The van der Waals surface area contributed by atoms with Gasteiger partial charge in [-0.25, -0.2) is 4.79 Å². The summed E-state index contributed by atoms with van der Waals surface area (Å²) in [6.45, 7) is 0.929. The van der Waals surface area contributed by atoms with E-state index in [0.29, 0.717) is 0 Å². The third kappa shape index (κ3) is 6.36. The van der Waals surface area contributed by atoms with Crippen molar-refractivity contribution < 1.29 is 63.6 Å². The smallest absolute Gasteiger partial charge is 0.335 e. The molecule has 33 heavy (non-hydrogen) atoms. The summed E-state index contributed by atoms with van der Waals surface area (Å²) < 4.78 is 25.9. The third-order valence-electron chi connectivity index (χ3n) is 5.61. The number of aliphatic hydroxyl groups is 4. The van der Waals surface area contributed by atoms with Crippen LogP contribution in [-0.2, 0) is 38.1 Å². The summed E-state index contributed by atoms with van der Waals surface area (Å²) >= 11 is 0. The van der Waals surface area contributed by atoms with Gasteiger partial charge in [0.25, 0.3) is 0 Å². The molecule has 14 nitrogen and oxygen atoms in total. The highest BCUT2D eigenvalue weighted by molar-refractivity contribution is 5.81. The number of nitrogens with one attached hydrogen (secondary N) is 1. The van der Waals surface area contributed by atoms with Crippen molar-refractivity contribution in [1.29, 1.82) is 0 Å². The summed E-state index contributed by atoms with van der Waals surface area (Å²) in [5, 5.41) is 52.8. The molecule has 4 unspecified atom stereocenters. The van der Waals surface area contributed by atoms with E-state index >= 15 is 0 Å². The minimum Gasteiger partial charge on any atom is -0.479 e. The van der Waals surface area contributed by atoms with Gasteiger partial charge in [0.2, 0.25) is 5.91 Å². The van der Waals surface area contributed by atoms with Crippen molar-refractivity contribution in [3.05, 3.63) is 0 Å². The molecule has 2 saturated heterocycles. The Bertz CT molecular complexity index is 691. The maximum Gasteiger partial charge on any atom is 0.335 e. The van der Waals surface area contributed by atoms with Crippen LogP contribution in [0.3, 0.4) is 0 Å². The molecule has 2 aliphatic heterocycles. The van der Waals surface area contributed by atoms with Crippen LogP contribution in [0.2, 0.25) is 0 Å². The number of aliphatic hydroxyl groups excluding tert-OH is 4. The Morgan fingerprint density at radius 2 is 1.64 bits per heavy atom. The number of methoxy groups -OCH3 is 2. The Hall–Kier alpha value is -1.91. The predicted octanol–water partition coefficient (Wildman–Crippen LogP) is -3.50. The van der Waals surface area contributed by atoms with Crippen LogP contribution in [-0.4, -0.2) is 125 Å². The topological polar surface area (TPSA) is 211 Å². The Balaban J connectivity index is 2.22. The summed E-state index contributed by atoms with van der Waals surface area (Å²) in [7, 11) is 2.31. The van der Waals surface area contributed by atoms with Crippen molar-refractivity contribution >= 4 is 17.8 Å². The highest BCUT2D eigenvalue weighted by atomic mass is 16.7. The van der Waals surface area contributed by atoms with Crippen LogP contribution in [0.1, 0.15) is 19.8 Å².